The number of hydrogen-bond donors (Lipinski definition) is 0. The zero-order valence-electron chi connectivity index (χ0n) is 12.2. The first-order valence-corrected chi connectivity index (χ1v) is 7.55. The van der Waals surface area contributed by atoms with Crippen LogP contribution in [0.3, 0.4) is 0 Å². The van der Waals surface area contributed by atoms with Crippen LogP contribution in [0.4, 0.5) is 0 Å². The molecule has 4 aliphatic rings. The third-order valence-electron chi connectivity index (χ3n) is 5.72. The fourth-order valence-corrected chi connectivity index (χ4v) is 4.83. The fraction of sp³-hybridized carbons (Fsp3) is 0.933. The molecule has 4 bridgehead atoms. The Kier molecular flexibility index (Phi) is 3.34. The van der Waals surface area contributed by atoms with Gasteiger partial charge in [-0.15, -0.1) is 0 Å². The van der Waals surface area contributed by atoms with Gasteiger partial charge in [-0.1, -0.05) is 13.3 Å². The van der Waals surface area contributed by atoms with E-state index in [1.165, 1.54) is 6.42 Å². The summed E-state index contributed by atoms with van der Waals surface area (Å²) in [6.45, 7) is 3.20. The van der Waals surface area contributed by atoms with Gasteiger partial charge in [-0.3, -0.25) is 4.79 Å². The molecule has 4 rings (SSSR count). The number of fused-ring (bicyclic) bond motifs is 1. The fourth-order valence-electron chi connectivity index (χ4n) is 4.83. The molecule has 3 aliphatic heterocycles. The molecule has 1 aliphatic carbocycles. The lowest BCUT2D eigenvalue weighted by Gasteiger charge is -2.56. The van der Waals surface area contributed by atoms with E-state index in [1.54, 1.807) is 14.2 Å². The van der Waals surface area contributed by atoms with Crippen molar-refractivity contribution in [3.05, 3.63) is 0 Å². The van der Waals surface area contributed by atoms with E-state index in [9.17, 15) is 4.79 Å². The molecule has 0 unspecified atom stereocenters. The number of rotatable bonds is 3. The molecule has 1 amide bonds. The number of carbonyl (C=O) groups is 1. The first-order valence-electron chi connectivity index (χ1n) is 7.55. The van der Waals surface area contributed by atoms with Crippen LogP contribution in [-0.4, -0.2) is 43.4 Å². The summed E-state index contributed by atoms with van der Waals surface area (Å²) in [4.78, 5) is 14.6. The second-order valence-electron chi connectivity index (χ2n) is 6.37. The predicted octanol–water partition coefficient (Wildman–Crippen LogP) is 2.03. The van der Waals surface area contributed by atoms with Gasteiger partial charge in [0.05, 0.1) is 0 Å². The average molecular weight is 267 g/mol. The lowest BCUT2D eigenvalue weighted by molar-refractivity contribution is -0.267. The Bertz CT molecular complexity index is 366. The number of carbonyl (C=O) groups excluding carboxylic acids is 1. The molecule has 19 heavy (non-hydrogen) atoms. The van der Waals surface area contributed by atoms with E-state index < -0.39 is 5.79 Å². The standard InChI is InChI=1S/C15H25NO3/c1-4-11-7-10-8-12-14(11)16(9-10)13(17)5-6-15(12,18-2)19-3/h10-12,14H,4-9H2,1-3H3/t10-,11+,12-,14+/m1/s1. The largest absolute Gasteiger partial charge is 0.353 e. The molecule has 0 N–H and O–H groups in total. The maximum atomic E-state index is 12.4. The lowest BCUT2D eigenvalue weighted by Crippen LogP contribution is -2.63. The van der Waals surface area contributed by atoms with Crippen molar-refractivity contribution in [2.45, 2.75) is 50.9 Å². The third kappa shape index (κ3) is 1.83. The van der Waals surface area contributed by atoms with Gasteiger partial charge >= 0.3 is 0 Å². The average Bonchev–Trinajstić information content (AvgIpc) is 2.55. The lowest BCUT2D eigenvalue weighted by atomic mass is 9.64. The first-order chi connectivity index (χ1) is 9.15. The minimum atomic E-state index is -0.554. The molecule has 3 heterocycles. The van der Waals surface area contributed by atoms with Crippen LogP contribution in [0.15, 0.2) is 0 Å². The number of ether oxygens (including phenoxy) is 2. The number of methoxy groups -OCH3 is 2. The van der Waals surface area contributed by atoms with Crippen molar-refractivity contribution >= 4 is 5.91 Å². The Morgan fingerprint density at radius 2 is 2.05 bits per heavy atom. The van der Waals surface area contributed by atoms with Crippen LogP contribution in [-0.2, 0) is 14.3 Å². The SMILES string of the molecule is CC[C@H]1C[C@@H]2C[C@@H]3[C@H]1N(C2)C(=O)CCC3(OC)OC. The van der Waals surface area contributed by atoms with Crippen LogP contribution < -0.4 is 0 Å². The summed E-state index contributed by atoms with van der Waals surface area (Å²) in [5.41, 5.74) is 0. The molecule has 0 spiro atoms. The van der Waals surface area contributed by atoms with Crippen molar-refractivity contribution in [2.24, 2.45) is 17.8 Å². The zero-order chi connectivity index (χ0) is 13.6. The number of piperidine rings is 2. The molecule has 0 aromatic carbocycles. The Hall–Kier alpha value is -0.610. The van der Waals surface area contributed by atoms with Crippen LogP contribution >= 0.6 is 0 Å². The normalized spacial score (nSPS) is 40.4. The molecule has 3 saturated heterocycles. The monoisotopic (exact) mass is 267 g/mol. The molecule has 4 fully saturated rings. The van der Waals surface area contributed by atoms with Gasteiger partial charge in [-0.2, -0.15) is 0 Å². The van der Waals surface area contributed by atoms with Gasteiger partial charge < -0.3 is 14.4 Å². The van der Waals surface area contributed by atoms with Gasteiger partial charge in [0.2, 0.25) is 5.91 Å². The van der Waals surface area contributed by atoms with Crippen LogP contribution in [0.1, 0.15) is 39.0 Å². The molecule has 4 heteroatoms. The van der Waals surface area contributed by atoms with E-state index in [0.717, 1.165) is 19.4 Å². The van der Waals surface area contributed by atoms with Gasteiger partial charge in [0, 0.05) is 45.6 Å². The topological polar surface area (TPSA) is 38.8 Å². The maximum Gasteiger partial charge on any atom is 0.223 e. The molecular weight excluding hydrogens is 242 g/mol. The van der Waals surface area contributed by atoms with Crippen molar-refractivity contribution in [1.29, 1.82) is 0 Å². The highest BCUT2D eigenvalue weighted by Crippen LogP contribution is 2.51. The molecular formula is C15H25NO3. The van der Waals surface area contributed by atoms with Gasteiger partial charge in [-0.25, -0.2) is 0 Å². The molecule has 4 nitrogen and oxygen atoms in total. The van der Waals surface area contributed by atoms with Crippen LogP contribution in [0.25, 0.3) is 0 Å². The molecule has 1 saturated carbocycles. The molecule has 0 aromatic heterocycles. The minimum Gasteiger partial charge on any atom is -0.353 e. The minimum absolute atomic E-state index is 0.300. The highest BCUT2D eigenvalue weighted by Gasteiger charge is 2.57. The molecule has 4 atom stereocenters. The summed E-state index contributed by atoms with van der Waals surface area (Å²) < 4.78 is 11.6. The van der Waals surface area contributed by atoms with E-state index in [2.05, 4.69) is 11.8 Å². The Balaban J connectivity index is 2.01. The van der Waals surface area contributed by atoms with Crippen LogP contribution in [0.2, 0.25) is 0 Å². The highest BCUT2D eigenvalue weighted by atomic mass is 16.7. The summed E-state index contributed by atoms with van der Waals surface area (Å²) in [7, 11) is 3.46. The van der Waals surface area contributed by atoms with Gasteiger partial charge in [0.25, 0.3) is 0 Å². The summed E-state index contributed by atoms with van der Waals surface area (Å²) in [5, 5.41) is 0. The Morgan fingerprint density at radius 1 is 1.32 bits per heavy atom. The van der Waals surface area contributed by atoms with Crippen LogP contribution in [0.5, 0.6) is 0 Å². The Morgan fingerprint density at radius 3 is 2.68 bits per heavy atom. The van der Waals surface area contributed by atoms with Gasteiger partial charge in [0.15, 0.2) is 5.79 Å². The second-order valence-corrected chi connectivity index (χ2v) is 6.37. The first kappa shape index (κ1) is 13.4. The van der Waals surface area contributed by atoms with E-state index in [-0.39, 0.29) is 0 Å². The highest BCUT2D eigenvalue weighted by molar-refractivity contribution is 5.77. The van der Waals surface area contributed by atoms with E-state index in [4.69, 9.17) is 9.47 Å². The van der Waals surface area contributed by atoms with Crippen molar-refractivity contribution in [3.63, 3.8) is 0 Å². The maximum absolute atomic E-state index is 12.4. The van der Waals surface area contributed by atoms with Crippen molar-refractivity contribution in [2.75, 3.05) is 20.8 Å². The van der Waals surface area contributed by atoms with Crippen molar-refractivity contribution in [1.82, 2.24) is 4.90 Å². The van der Waals surface area contributed by atoms with E-state index >= 15 is 0 Å². The van der Waals surface area contributed by atoms with Gasteiger partial charge in [0.1, 0.15) is 0 Å². The summed E-state index contributed by atoms with van der Waals surface area (Å²) in [6, 6.07) is 0.324. The third-order valence-corrected chi connectivity index (χ3v) is 5.72. The molecule has 0 radical (unpaired) electrons. The van der Waals surface area contributed by atoms with Crippen molar-refractivity contribution < 1.29 is 14.3 Å². The number of amides is 1. The Labute approximate surface area is 115 Å². The second kappa shape index (κ2) is 4.74. The summed E-state index contributed by atoms with van der Waals surface area (Å²) in [6.07, 6.45) is 4.81. The predicted molar refractivity (Wildman–Crippen MR) is 71.5 cm³/mol. The molecule has 0 aromatic rings. The quantitative estimate of drug-likeness (QED) is 0.734. The smallest absolute Gasteiger partial charge is 0.223 e. The van der Waals surface area contributed by atoms with Crippen molar-refractivity contribution in [3.8, 4) is 0 Å². The molecule has 108 valence electrons. The zero-order valence-corrected chi connectivity index (χ0v) is 12.2. The van der Waals surface area contributed by atoms with Gasteiger partial charge in [-0.05, 0) is 24.7 Å². The summed E-state index contributed by atoms with van der Waals surface area (Å²) in [5.74, 6) is 1.33. The van der Waals surface area contributed by atoms with Crippen LogP contribution in [0, 0.1) is 17.8 Å². The van der Waals surface area contributed by atoms with E-state index in [0.29, 0.717) is 42.5 Å². The summed E-state index contributed by atoms with van der Waals surface area (Å²) >= 11 is 0. The number of nitrogens with zero attached hydrogens (tertiary/aromatic N) is 1. The number of hydrogen-bond acceptors (Lipinski definition) is 3. The van der Waals surface area contributed by atoms with E-state index in [1.807, 2.05) is 0 Å².